The van der Waals surface area contributed by atoms with Gasteiger partial charge in [-0.25, -0.2) is 9.37 Å². The number of carbonyl (C=O) groups excluding carboxylic acids is 2. The number of likely N-dealkylation sites (tertiary alicyclic amines) is 1. The van der Waals surface area contributed by atoms with Crippen molar-refractivity contribution in [3.05, 3.63) is 70.2 Å². The van der Waals surface area contributed by atoms with Crippen molar-refractivity contribution in [1.29, 1.82) is 0 Å². The highest BCUT2D eigenvalue weighted by molar-refractivity contribution is 6.01. The number of nitrogens with zero attached hydrogens (tertiary/aromatic N) is 4. The molecule has 2 N–H and O–H groups in total. The van der Waals surface area contributed by atoms with Gasteiger partial charge in [-0.1, -0.05) is 19.1 Å². The van der Waals surface area contributed by atoms with Crippen LogP contribution in [0.25, 0.3) is 0 Å². The van der Waals surface area contributed by atoms with Crippen molar-refractivity contribution >= 4 is 23.5 Å². The number of nitrogens with one attached hydrogen (secondary N) is 2. The number of hydrogen-bond donors (Lipinski definition) is 2. The zero-order valence-corrected chi connectivity index (χ0v) is 25.2. The van der Waals surface area contributed by atoms with Gasteiger partial charge in [0, 0.05) is 31.5 Å². The van der Waals surface area contributed by atoms with Gasteiger partial charge in [0.15, 0.2) is 0 Å². The number of hydrogen-bond acceptors (Lipinski definition) is 7. The fraction of sp³-hybridized carbons (Fsp3) is 0.438. The molecule has 2 aromatic carbocycles. The molecule has 1 spiro atoms. The number of ether oxygens (including phenoxy) is 1. The highest BCUT2D eigenvalue weighted by atomic mass is 19.4. The van der Waals surface area contributed by atoms with E-state index in [9.17, 15) is 22.8 Å². The Bertz CT molecular complexity index is 1650. The fourth-order valence-corrected chi connectivity index (χ4v) is 6.53. The van der Waals surface area contributed by atoms with E-state index in [0.29, 0.717) is 30.3 Å². The SMILES string of the molecule is CCc1cc(C(=O)NC2CC3(CCN(C)CC3)C2)c(F)cc1Nc1ncc(C(F)(F)F)c(Oc2cccc3c2C(=O)N(C)C3)n1. The van der Waals surface area contributed by atoms with Gasteiger partial charge in [0.25, 0.3) is 11.8 Å². The monoisotopic (exact) mass is 626 g/mol. The number of fused-ring (bicyclic) bond motifs is 1. The first-order valence-electron chi connectivity index (χ1n) is 14.9. The molecule has 6 rings (SSSR count). The van der Waals surface area contributed by atoms with E-state index in [1.165, 1.54) is 17.0 Å². The average molecular weight is 627 g/mol. The van der Waals surface area contributed by atoms with Crippen molar-refractivity contribution < 1.29 is 31.9 Å². The lowest BCUT2D eigenvalue weighted by atomic mass is 9.60. The Balaban J connectivity index is 1.22. The largest absolute Gasteiger partial charge is 0.437 e. The highest BCUT2D eigenvalue weighted by Crippen LogP contribution is 2.49. The second-order valence-corrected chi connectivity index (χ2v) is 12.3. The molecular weight excluding hydrogens is 592 g/mol. The second kappa shape index (κ2) is 11.6. The molecule has 1 aliphatic carbocycles. The topological polar surface area (TPSA) is 99.7 Å². The number of aryl methyl sites for hydroxylation is 1. The van der Waals surface area contributed by atoms with Gasteiger partial charge in [-0.05, 0) is 87.0 Å². The third-order valence-corrected chi connectivity index (χ3v) is 9.15. The molecule has 1 saturated heterocycles. The summed E-state index contributed by atoms with van der Waals surface area (Å²) in [7, 11) is 3.68. The average Bonchev–Trinajstić information content (AvgIpc) is 3.26. The molecule has 3 aliphatic rings. The Morgan fingerprint density at radius 1 is 1.16 bits per heavy atom. The molecule has 3 heterocycles. The van der Waals surface area contributed by atoms with Gasteiger partial charge in [-0.15, -0.1) is 0 Å². The highest BCUT2D eigenvalue weighted by Gasteiger charge is 2.46. The molecule has 3 aromatic rings. The fourth-order valence-electron chi connectivity index (χ4n) is 6.53. The molecule has 0 atom stereocenters. The molecule has 2 aliphatic heterocycles. The molecule has 0 radical (unpaired) electrons. The van der Waals surface area contributed by atoms with Crippen molar-refractivity contribution in [3.63, 3.8) is 0 Å². The van der Waals surface area contributed by atoms with Crippen molar-refractivity contribution in [3.8, 4) is 11.6 Å². The number of alkyl halides is 3. The number of benzene rings is 2. The Kier molecular flexibility index (Phi) is 7.92. The summed E-state index contributed by atoms with van der Waals surface area (Å²) < 4.78 is 62.7. The summed E-state index contributed by atoms with van der Waals surface area (Å²) in [4.78, 5) is 37.2. The molecule has 0 unspecified atom stereocenters. The summed E-state index contributed by atoms with van der Waals surface area (Å²) in [5.74, 6) is -2.83. The molecular formula is C32H34F4N6O3. The van der Waals surface area contributed by atoms with Crippen molar-refractivity contribution in [2.45, 2.75) is 57.8 Å². The molecule has 1 aromatic heterocycles. The lowest BCUT2D eigenvalue weighted by Gasteiger charge is -2.52. The predicted molar refractivity (Wildman–Crippen MR) is 158 cm³/mol. The van der Waals surface area contributed by atoms with E-state index in [-0.39, 0.29) is 45.9 Å². The zero-order valence-electron chi connectivity index (χ0n) is 25.2. The third-order valence-electron chi connectivity index (χ3n) is 9.15. The summed E-state index contributed by atoms with van der Waals surface area (Å²) in [5, 5.41) is 5.75. The Morgan fingerprint density at radius 2 is 1.89 bits per heavy atom. The molecule has 0 bridgehead atoms. The van der Waals surface area contributed by atoms with Crippen LogP contribution in [-0.4, -0.2) is 64.8 Å². The number of aromatic nitrogens is 2. The van der Waals surface area contributed by atoms with Crippen LogP contribution >= 0.6 is 0 Å². The summed E-state index contributed by atoms with van der Waals surface area (Å²) in [6.07, 6.45) is 0.0378. The lowest BCUT2D eigenvalue weighted by molar-refractivity contribution is -0.139. The van der Waals surface area contributed by atoms with Crippen LogP contribution in [0.3, 0.4) is 0 Å². The minimum atomic E-state index is -4.85. The maximum absolute atomic E-state index is 15.3. The number of halogens is 4. The lowest BCUT2D eigenvalue weighted by Crippen LogP contribution is -2.54. The van der Waals surface area contributed by atoms with Crippen LogP contribution in [0, 0.1) is 11.2 Å². The van der Waals surface area contributed by atoms with E-state index in [1.807, 2.05) is 6.92 Å². The molecule has 13 heteroatoms. The number of carbonyl (C=O) groups is 2. The number of rotatable bonds is 7. The minimum Gasteiger partial charge on any atom is -0.437 e. The first-order chi connectivity index (χ1) is 21.4. The van der Waals surface area contributed by atoms with E-state index >= 15 is 4.39 Å². The Hall–Kier alpha value is -4.26. The molecule has 2 amide bonds. The summed E-state index contributed by atoms with van der Waals surface area (Å²) in [5.41, 5.74) is 0.428. The molecule has 9 nitrogen and oxygen atoms in total. The van der Waals surface area contributed by atoms with E-state index in [4.69, 9.17) is 4.74 Å². The van der Waals surface area contributed by atoms with Gasteiger partial charge in [-0.2, -0.15) is 18.2 Å². The number of piperidine rings is 1. The van der Waals surface area contributed by atoms with Crippen LogP contribution in [0.5, 0.6) is 11.6 Å². The van der Waals surface area contributed by atoms with Gasteiger partial charge in [0.2, 0.25) is 11.8 Å². The maximum atomic E-state index is 15.3. The minimum absolute atomic E-state index is 0.0105. The second-order valence-electron chi connectivity index (χ2n) is 12.3. The van der Waals surface area contributed by atoms with Crippen LogP contribution in [0.1, 0.15) is 70.0 Å². The van der Waals surface area contributed by atoms with E-state index < -0.39 is 29.3 Å². The third kappa shape index (κ3) is 6.05. The normalized spacial score (nSPS) is 18.1. The van der Waals surface area contributed by atoms with Gasteiger partial charge in [0.05, 0.1) is 11.1 Å². The smallest absolute Gasteiger partial charge is 0.423 e. The van der Waals surface area contributed by atoms with Crippen LogP contribution in [0.4, 0.5) is 29.2 Å². The van der Waals surface area contributed by atoms with E-state index in [2.05, 4.69) is 32.5 Å². The standard InChI is InChI=1S/C32H34F4N6O3/c1-4-18-12-21(27(43)38-20-14-31(15-20)8-10-41(2)11-9-31)23(33)13-24(18)39-30-37-16-22(32(34,35)36)28(40-30)45-25-7-5-6-19-17-42(3)29(44)26(19)25/h5-7,12-13,16,20H,4,8-11,14-15,17H2,1-3H3,(H,38,43)(H,37,39,40). The van der Waals surface area contributed by atoms with Crippen molar-refractivity contribution in [2.75, 3.05) is 32.5 Å². The molecule has 45 heavy (non-hydrogen) atoms. The predicted octanol–water partition coefficient (Wildman–Crippen LogP) is 5.92. The van der Waals surface area contributed by atoms with Crippen LogP contribution < -0.4 is 15.4 Å². The molecule has 238 valence electrons. The van der Waals surface area contributed by atoms with E-state index in [1.54, 1.807) is 19.2 Å². The van der Waals surface area contributed by atoms with Gasteiger partial charge >= 0.3 is 6.18 Å². The van der Waals surface area contributed by atoms with Crippen LogP contribution in [0.2, 0.25) is 0 Å². The summed E-state index contributed by atoms with van der Waals surface area (Å²) in [6, 6.07) is 7.23. The first kappa shape index (κ1) is 30.8. The van der Waals surface area contributed by atoms with E-state index in [0.717, 1.165) is 44.8 Å². The summed E-state index contributed by atoms with van der Waals surface area (Å²) in [6.45, 7) is 4.17. The Labute approximate surface area is 258 Å². The quantitative estimate of drug-likeness (QED) is 0.314. The number of amides is 2. The first-order valence-corrected chi connectivity index (χ1v) is 14.9. The summed E-state index contributed by atoms with van der Waals surface area (Å²) >= 11 is 0. The zero-order chi connectivity index (χ0) is 32.1. The van der Waals surface area contributed by atoms with Crippen LogP contribution in [-0.2, 0) is 19.1 Å². The van der Waals surface area contributed by atoms with Gasteiger partial charge in [-0.3, -0.25) is 9.59 Å². The Morgan fingerprint density at radius 3 is 2.58 bits per heavy atom. The molecule has 1 saturated carbocycles. The van der Waals surface area contributed by atoms with Crippen molar-refractivity contribution in [2.24, 2.45) is 5.41 Å². The van der Waals surface area contributed by atoms with Gasteiger partial charge < -0.3 is 25.2 Å². The number of anilines is 2. The van der Waals surface area contributed by atoms with Crippen LogP contribution in [0.15, 0.2) is 36.5 Å². The maximum Gasteiger partial charge on any atom is 0.423 e. The van der Waals surface area contributed by atoms with Gasteiger partial charge in [0.1, 0.15) is 17.1 Å². The molecule has 2 fully saturated rings. The van der Waals surface area contributed by atoms with Crippen molar-refractivity contribution in [1.82, 2.24) is 25.1 Å².